The number of aromatic nitrogens is 1. The van der Waals surface area contributed by atoms with Crippen LogP contribution in [0.2, 0.25) is 0 Å². The van der Waals surface area contributed by atoms with Gasteiger partial charge in [0, 0.05) is 26.3 Å². The summed E-state index contributed by atoms with van der Waals surface area (Å²) in [4.78, 5) is 32.0. The number of carbonyl (C=O) groups is 2. The van der Waals surface area contributed by atoms with Crippen LogP contribution in [0.5, 0.6) is 0 Å². The Morgan fingerprint density at radius 2 is 2.25 bits per heavy atom. The van der Waals surface area contributed by atoms with E-state index in [1.54, 1.807) is 16.0 Å². The Morgan fingerprint density at radius 1 is 1.40 bits per heavy atom. The molecule has 2 fully saturated rings. The largest absolute Gasteiger partial charge is 0.373 e. The van der Waals surface area contributed by atoms with Gasteiger partial charge in [-0.15, -0.1) is 0 Å². The third-order valence-corrected chi connectivity index (χ3v) is 3.95. The molecule has 1 unspecified atom stereocenters. The first-order valence-electron chi connectivity index (χ1n) is 6.90. The van der Waals surface area contributed by atoms with Gasteiger partial charge < -0.3 is 15.1 Å². The van der Waals surface area contributed by atoms with Crippen LogP contribution in [0.1, 0.15) is 18.4 Å². The number of rotatable bonds is 3. The van der Waals surface area contributed by atoms with Crippen molar-refractivity contribution in [2.45, 2.75) is 25.4 Å². The minimum atomic E-state index is -0.235. The number of amides is 2. The van der Waals surface area contributed by atoms with Crippen LogP contribution in [-0.2, 0) is 16.1 Å². The minimum absolute atomic E-state index is 0.0619. The van der Waals surface area contributed by atoms with Crippen LogP contribution < -0.4 is 5.32 Å². The van der Waals surface area contributed by atoms with Crippen molar-refractivity contribution in [2.24, 2.45) is 0 Å². The van der Waals surface area contributed by atoms with Crippen LogP contribution in [0.25, 0.3) is 0 Å². The van der Waals surface area contributed by atoms with Gasteiger partial charge in [0.05, 0.1) is 0 Å². The number of fused-ring (bicyclic) bond motifs is 1. The molecule has 20 heavy (non-hydrogen) atoms. The smallest absolute Gasteiger partial charge is 0.246 e. The van der Waals surface area contributed by atoms with E-state index in [0.29, 0.717) is 6.54 Å². The van der Waals surface area contributed by atoms with Gasteiger partial charge in [-0.3, -0.25) is 9.59 Å². The lowest BCUT2D eigenvalue weighted by Gasteiger charge is -2.36. The van der Waals surface area contributed by atoms with E-state index in [4.69, 9.17) is 0 Å². The van der Waals surface area contributed by atoms with E-state index in [1.165, 1.54) is 0 Å². The molecule has 2 aliphatic rings. The number of nitrogens with one attached hydrogen (secondary N) is 1. The molecular formula is C14H18N4O2. The summed E-state index contributed by atoms with van der Waals surface area (Å²) in [6, 6.07) is 3.56. The molecule has 0 bridgehead atoms. The first-order valence-corrected chi connectivity index (χ1v) is 6.90. The number of anilines is 1. The Bertz CT molecular complexity index is 528. The van der Waals surface area contributed by atoms with Gasteiger partial charge in [-0.2, -0.15) is 0 Å². The summed E-state index contributed by atoms with van der Waals surface area (Å²) >= 11 is 0. The van der Waals surface area contributed by atoms with E-state index in [-0.39, 0.29) is 24.4 Å². The predicted octanol–water partition coefficient (Wildman–Crippen LogP) is 0.456. The summed E-state index contributed by atoms with van der Waals surface area (Å²) < 4.78 is 0. The fourth-order valence-electron chi connectivity index (χ4n) is 2.88. The summed E-state index contributed by atoms with van der Waals surface area (Å²) in [5.41, 5.74) is 0.941. The monoisotopic (exact) mass is 274 g/mol. The molecule has 6 heteroatoms. The Hall–Kier alpha value is -2.11. The van der Waals surface area contributed by atoms with Crippen LogP contribution >= 0.6 is 0 Å². The zero-order valence-corrected chi connectivity index (χ0v) is 11.5. The number of piperazine rings is 1. The van der Waals surface area contributed by atoms with Crippen LogP contribution in [0.4, 0.5) is 5.82 Å². The molecule has 1 atom stereocenters. The first-order chi connectivity index (χ1) is 9.69. The lowest BCUT2D eigenvalue weighted by atomic mass is 10.1. The second-order valence-corrected chi connectivity index (χ2v) is 5.24. The average molecular weight is 274 g/mol. The molecule has 106 valence electrons. The van der Waals surface area contributed by atoms with E-state index < -0.39 is 0 Å². The van der Waals surface area contributed by atoms with Crippen molar-refractivity contribution in [1.29, 1.82) is 0 Å². The van der Waals surface area contributed by atoms with Crippen LogP contribution in [0.15, 0.2) is 18.3 Å². The quantitative estimate of drug-likeness (QED) is 0.869. The third-order valence-electron chi connectivity index (χ3n) is 3.95. The summed E-state index contributed by atoms with van der Waals surface area (Å²) in [6.07, 6.45) is 3.46. The number of pyridine rings is 1. The molecule has 2 saturated heterocycles. The van der Waals surface area contributed by atoms with Gasteiger partial charge in [0.15, 0.2) is 0 Å². The minimum Gasteiger partial charge on any atom is -0.373 e. The molecular weight excluding hydrogens is 256 g/mol. The van der Waals surface area contributed by atoms with Gasteiger partial charge in [-0.1, -0.05) is 6.07 Å². The van der Waals surface area contributed by atoms with Crippen molar-refractivity contribution < 1.29 is 9.59 Å². The predicted molar refractivity (Wildman–Crippen MR) is 73.9 cm³/mol. The number of hydrogen-bond acceptors (Lipinski definition) is 4. The molecule has 3 heterocycles. The Balaban J connectivity index is 1.73. The number of hydrogen-bond donors (Lipinski definition) is 1. The molecule has 1 N–H and O–H groups in total. The van der Waals surface area contributed by atoms with Crippen LogP contribution in [0, 0.1) is 0 Å². The Labute approximate surface area is 117 Å². The molecule has 0 aliphatic carbocycles. The van der Waals surface area contributed by atoms with Gasteiger partial charge in [-0.05, 0) is 24.5 Å². The molecule has 0 saturated carbocycles. The summed E-state index contributed by atoms with van der Waals surface area (Å²) in [7, 11) is 1.81. The maximum Gasteiger partial charge on any atom is 0.246 e. The lowest BCUT2D eigenvalue weighted by molar-refractivity contribution is -0.154. The van der Waals surface area contributed by atoms with Gasteiger partial charge in [0.2, 0.25) is 11.8 Å². The summed E-state index contributed by atoms with van der Waals surface area (Å²) in [5, 5.41) is 2.95. The summed E-state index contributed by atoms with van der Waals surface area (Å²) in [5.74, 6) is 0.920. The van der Waals surface area contributed by atoms with Crippen molar-refractivity contribution in [3.05, 3.63) is 23.9 Å². The lowest BCUT2D eigenvalue weighted by Crippen LogP contribution is -2.56. The summed E-state index contributed by atoms with van der Waals surface area (Å²) in [6.45, 7) is 1.36. The van der Waals surface area contributed by atoms with Gasteiger partial charge in [0.25, 0.3) is 0 Å². The fourth-order valence-corrected chi connectivity index (χ4v) is 2.88. The van der Waals surface area contributed by atoms with Crippen LogP contribution in [-0.4, -0.2) is 52.8 Å². The maximum atomic E-state index is 12.4. The molecule has 0 radical (unpaired) electrons. The van der Waals surface area contributed by atoms with Gasteiger partial charge in [0.1, 0.15) is 18.4 Å². The second-order valence-electron chi connectivity index (χ2n) is 5.24. The highest BCUT2D eigenvalue weighted by molar-refractivity contribution is 5.95. The molecule has 2 aliphatic heterocycles. The van der Waals surface area contributed by atoms with Gasteiger partial charge >= 0.3 is 0 Å². The maximum absolute atomic E-state index is 12.4. The molecule has 2 amide bonds. The first kappa shape index (κ1) is 12.9. The Kier molecular flexibility index (Phi) is 3.30. The zero-order chi connectivity index (χ0) is 14.1. The average Bonchev–Trinajstić information content (AvgIpc) is 2.95. The van der Waals surface area contributed by atoms with E-state index >= 15 is 0 Å². The Morgan fingerprint density at radius 3 is 2.95 bits per heavy atom. The molecule has 3 rings (SSSR count). The van der Waals surface area contributed by atoms with Crippen molar-refractivity contribution in [3.63, 3.8) is 0 Å². The topological polar surface area (TPSA) is 65.5 Å². The van der Waals surface area contributed by atoms with Crippen molar-refractivity contribution >= 4 is 17.6 Å². The van der Waals surface area contributed by atoms with Crippen molar-refractivity contribution in [1.82, 2.24) is 14.8 Å². The second kappa shape index (κ2) is 5.11. The van der Waals surface area contributed by atoms with E-state index in [2.05, 4.69) is 10.3 Å². The molecule has 1 aromatic heterocycles. The third kappa shape index (κ3) is 2.21. The fraction of sp³-hybridized carbons (Fsp3) is 0.500. The van der Waals surface area contributed by atoms with Crippen molar-refractivity contribution in [3.8, 4) is 0 Å². The molecule has 0 aromatic carbocycles. The zero-order valence-electron chi connectivity index (χ0n) is 11.5. The molecule has 6 nitrogen and oxygen atoms in total. The normalized spacial score (nSPS) is 22.1. The van der Waals surface area contributed by atoms with E-state index in [0.717, 1.165) is 30.8 Å². The highest BCUT2D eigenvalue weighted by Crippen LogP contribution is 2.24. The highest BCUT2D eigenvalue weighted by Gasteiger charge is 2.41. The van der Waals surface area contributed by atoms with E-state index in [1.807, 2.05) is 19.2 Å². The van der Waals surface area contributed by atoms with Crippen molar-refractivity contribution in [2.75, 3.05) is 25.5 Å². The number of nitrogens with zero attached hydrogens (tertiary/aromatic N) is 3. The van der Waals surface area contributed by atoms with E-state index in [9.17, 15) is 9.59 Å². The SMILES string of the molecule is CNc1ccc(CN2CC(=O)N3CCCC3C2=O)cn1. The van der Waals surface area contributed by atoms with Crippen LogP contribution in [0.3, 0.4) is 0 Å². The number of carbonyl (C=O) groups excluding carboxylic acids is 2. The molecule has 1 aromatic rings. The standard InChI is InChI=1S/C14H18N4O2/c1-15-12-5-4-10(7-16-12)8-17-9-13(19)18-6-2-3-11(18)14(17)20/h4-5,7,11H,2-3,6,8-9H2,1H3,(H,15,16). The highest BCUT2D eigenvalue weighted by atomic mass is 16.2. The molecule has 0 spiro atoms. The van der Waals surface area contributed by atoms with Gasteiger partial charge in [-0.25, -0.2) is 4.98 Å².